The standard InChI is InChI=1S/C12H16Cl2O3S/c1-12(2,3)8-17-18(15,16)7-9-4-10(13)6-11(14)5-9/h4-6H,7-8H2,1-3H3. The molecular formula is C12H16Cl2O3S. The molecule has 0 saturated carbocycles. The molecule has 1 aromatic carbocycles. The fourth-order valence-corrected chi connectivity index (χ4v) is 2.97. The Hall–Kier alpha value is -0.290. The van der Waals surface area contributed by atoms with Crippen LogP contribution in [-0.2, 0) is 20.1 Å². The zero-order valence-electron chi connectivity index (χ0n) is 10.5. The quantitative estimate of drug-likeness (QED) is 0.792. The first-order valence-electron chi connectivity index (χ1n) is 5.39. The summed E-state index contributed by atoms with van der Waals surface area (Å²) in [5.41, 5.74) is 0.306. The van der Waals surface area contributed by atoms with Gasteiger partial charge in [-0.1, -0.05) is 44.0 Å². The van der Waals surface area contributed by atoms with E-state index in [1.54, 1.807) is 18.2 Å². The van der Waals surface area contributed by atoms with E-state index in [9.17, 15) is 8.42 Å². The summed E-state index contributed by atoms with van der Waals surface area (Å²) in [6, 6.07) is 4.67. The van der Waals surface area contributed by atoms with Gasteiger partial charge < -0.3 is 0 Å². The predicted octanol–water partition coefficient (Wildman–Crippen LogP) is 3.89. The molecule has 0 N–H and O–H groups in total. The highest BCUT2D eigenvalue weighted by Crippen LogP contribution is 2.22. The number of rotatable bonds is 4. The molecule has 3 nitrogen and oxygen atoms in total. The summed E-state index contributed by atoms with van der Waals surface area (Å²) in [7, 11) is -3.62. The van der Waals surface area contributed by atoms with Crippen molar-refractivity contribution >= 4 is 33.3 Å². The Bertz CT molecular complexity index is 498. The normalized spacial score (nSPS) is 12.7. The van der Waals surface area contributed by atoms with Crippen LogP contribution in [0.25, 0.3) is 0 Å². The maximum absolute atomic E-state index is 11.8. The Morgan fingerprint density at radius 2 is 1.61 bits per heavy atom. The third-order valence-electron chi connectivity index (χ3n) is 1.94. The molecule has 0 aliphatic rings. The number of hydrogen-bond acceptors (Lipinski definition) is 3. The van der Waals surface area contributed by atoms with E-state index >= 15 is 0 Å². The number of hydrogen-bond donors (Lipinski definition) is 0. The summed E-state index contributed by atoms with van der Waals surface area (Å²) in [5.74, 6) is -0.233. The van der Waals surface area contributed by atoms with Crippen molar-refractivity contribution in [3.8, 4) is 0 Å². The molecule has 18 heavy (non-hydrogen) atoms. The van der Waals surface area contributed by atoms with Crippen LogP contribution in [0.4, 0.5) is 0 Å². The fraction of sp³-hybridized carbons (Fsp3) is 0.500. The molecule has 1 rings (SSSR count). The van der Waals surface area contributed by atoms with Gasteiger partial charge in [0.2, 0.25) is 0 Å². The lowest BCUT2D eigenvalue weighted by molar-refractivity contribution is 0.203. The molecule has 0 atom stereocenters. The molecule has 0 saturated heterocycles. The van der Waals surface area contributed by atoms with Gasteiger partial charge in [0.1, 0.15) is 5.75 Å². The first-order chi connectivity index (χ1) is 8.07. The molecule has 0 spiro atoms. The average molecular weight is 311 g/mol. The van der Waals surface area contributed by atoms with E-state index in [-0.39, 0.29) is 17.8 Å². The lowest BCUT2D eigenvalue weighted by atomic mass is 9.99. The van der Waals surface area contributed by atoms with Crippen LogP contribution in [0.5, 0.6) is 0 Å². The molecule has 0 heterocycles. The van der Waals surface area contributed by atoms with Crippen LogP contribution in [0.2, 0.25) is 10.0 Å². The van der Waals surface area contributed by atoms with E-state index in [0.717, 1.165) is 0 Å². The molecule has 0 amide bonds. The van der Waals surface area contributed by atoms with Crippen LogP contribution < -0.4 is 0 Å². The Labute approximate surface area is 118 Å². The van der Waals surface area contributed by atoms with Gasteiger partial charge in [0, 0.05) is 10.0 Å². The van der Waals surface area contributed by atoms with Crippen LogP contribution in [0.3, 0.4) is 0 Å². The Morgan fingerprint density at radius 1 is 1.11 bits per heavy atom. The molecule has 6 heteroatoms. The van der Waals surface area contributed by atoms with E-state index < -0.39 is 10.1 Å². The number of halogens is 2. The Kier molecular flexibility index (Phi) is 5.06. The minimum absolute atomic E-state index is 0.142. The van der Waals surface area contributed by atoms with Gasteiger partial charge in [-0.15, -0.1) is 0 Å². The molecule has 102 valence electrons. The molecule has 0 unspecified atom stereocenters. The SMILES string of the molecule is CC(C)(C)COS(=O)(=O)Cc1cc(Cl)cc(Cl)c1. The van der Waals surface area contributed by atoms with Crippen molar-refractivity contribution in [3.05, 3.63) is 33.8 Å². The summed E-state index contributed by atoms with van der Waals surface area (Å²) in [6.07, 6.45) is 0. The third-order valence-corrected chi connectivity index (χ3v) is 3.54. The van der Waals surface area contributed by atoms with Crippen molar-refractivity contribution in [2.75, 3.05) is 6.61 Å². The van der Waals surface area contributed by atoms with E-state index in [1.807, 2.05) is 20.8 Å². The second kappa shape index (κ2) is 5.78. The second-order valence-electron chi connectivity index (χ2n) is 5.30. The van der Waals surface area contributed by atoms with Gasteiger partial charge in [-0.3, -0.25) is 4.18 Å². The predicted molar refractivity (Wildman–Crippen MR) is 74.5 cm³/mol. The largest absolute Gasteiger partial charge is 0.271 e. The molecule has 0 aliphatic carbocycles. The first kappa shape index (κ1) is 15.8. The van der Waals surface area contributed by atoms with Gasteiger partial charge >= 0.3 is 0 Å². The van der Waals surface area contributed by atoms with Crippen LogP contribution in [0, 0.1) is 5.41 Å². The van der Waals surface area contributed by atoms with E-state index in [0.29, 0.717) is 15.6 Å². The number of benzene rings is 1. The van der Waals surface area contributed by atoms with Crippen molar-refractivity contribution < 1.29 is 12.6 Å². The highest BCUT2D eigenvalue weighted by Gasteiger charge is 2.18. The van der Waals surface area contributed by atoms with Crippen molar-refractivity contribution in [1.82, 2.24) is 0 Å². The third kappa shape index (κ3) is 6.05. The van der Waals surface area contributed by atoms with Crippen molar-refractivity contribution in [2.45, 2.75) is 26.5 Å². The molecule has 0 radical (unpaired) electrons. The van der Waals surface area contributed by atoms with Crippen molar-refractivity contribution in [1.29, 1.82) is 0 Å². The van der Waals surface area contributed by atoms with Crippen LogP contribution in [0.15, 0.2) is 18.2 Å². The highest BCUT2D eigenvalue weighted by molar-refractivity contribution is 7.85. The van der Waals surface area contributed by atoms with Gasteiger partial charge in [0.05, 0.1) is 6.61 Å². The minimum atomic E-state index is -3.62. The summed E-state index contributed by atoms with van der Waals surface area (Å²) in [4.78, 5) is 0. The average Bonchev–Trinajstić information content (AvgIpc) is 2.11. The summed E-state index contributed by atoms with van der Waals surface area (Å²) < 4.78 is 28.5. The fourth-order valence-electron chi connectivity index (χ4n) is 1.21. The lowest BCUT2D eigenvalue weighted by Gasteiger charge is -2.17. The van der Waals surface area contributed by atoms with Gasteiger partial charge in [-0.25, -0.2) is 0 Å². The van der Waals surface area contributed by atoms with Gasteiger partial charge in [0.15, 0.2) is 0 Å². The van der Waals surface area contributed by atoms with Crippen LogP contribution >= 0.6 is 23.2 Å². The van der Waals surface area contributed by atoms with Gasteiger partial charge in [-0.05, 0) is 29.2 Å². The van der Waals surface area contributed by atoms with Gasteiger partial charge in [0.25, 0.3) is 10.1 Å². The van der Waals surface area contributed by atoms with Crippen LogP contribution in [0.1, 0.15) is 26.3 Å². The van der Waals surface area contributed by atoms with Crippen molar-refractivity contribution in [2.24, 2.45) is 5.41 Å². The molecule has 0 bridgehead atoms. The molecule has 0 fully saturated rings. The minimum Gasteiger partial charge on any atom is -0.269 e. The van der Waals surface area contributed by atoms with Crippen molar-refractivity contribution in [3.63, 3.8) is 0 Å². The highest BCUT2D eigenvalue weighted by atomic mass is 35.5. The summed E-state index contributed by atoms with van der Waals surface area (Å²) >= 11 is 11.6. The second-order valence-corrected chi connectivity index (χ2v) is 7.82. The summed E-state index contributed by atoms with van der Waals surface area (Å²) in [6.45, 7) is 5.85. The smallest absolute Gasteiger partial charge is 0.269 e. The monoisotopic (exact) mass is 310 g/mol. The Morgan fingerprint density at radius 3 is 2.06 bits per heavy atom. The molecule has 1 aromatic rings. The zero-order chi connectivity index (χ0) is 14.0. The molecule has 0 aliphatic heterocycles. The van der Waals surface area contributed by atoms with E-state index in [1.165, 1.54) is 0 Å². The van der Waals surface area contributed by atoms with Gasteiger partial charge in [-0.2, -0.15) is 8.42 Å². The van der Waals surface area contributed by atoms with E-state index in [4.69, 9.17) is 27.4 Å². The molecule has 0 aromatic heterocycles. The first-order valence-corrected chi connectivity index (χ1v) is 7.73. The Balaban J connectivity index is 2.76. The van der Waals surface area contributed by atoms with Crippen LogP contribution in [-0.4, -0.2) is 15.0 Å². The van der Waals surface area contributed by atoms with E-state index in [2.05, 4.69) is 0 Å². The zero-order valence-corrected chi connectivity index (χ0v) is 12.9. The lowest BCUT2D eigenvalue weighted by Crippen LogP contribution is -2.19. The maximum Gasteiger partial charge on any atom is 0.271 e. The summed E-state index contributed by atoms with van der Waals surface area (Å²) in [5, 5.41) is 0.812. The topological polar surface area (TPSA) is 43.4 Å². The maximum atomic E-state index is 11.8. The molecular weight excluding hydrogens is 295 g/mol.